The summed E-state index contributed by atoms with van der Waals surface area (Å²) in [5.41, 5.74) is 0. The number of hydrogen-bond acceptors (Lipinski definition) is 4. The maximum Gasteiger partial charge on any atom is 0.407 e. The minimum absolute atomic E-state index is 0.0242. The van der Waals surface area contributed by atoms with Crippen LogP contribution >= 0.6 is 0 Å². The first-order chi connectivity index (χ1) is 7.56. The molecule has 0 aromatic rings. The highest BCUT2D eigenvalue weighted by atomic mass is 32.2. The van der Waals surface area contributed by atoms with Crippen LogP contribution in [-0.4, -0.2) is 50.0 Å². The zero-order valence-corrected chi connectivity index (χ0v) is 9.52. The molecular formula is C9H14NO5S-. The van der Waals surface area contributed by atoms with E-state index in [-0.39, 0.29) is 12.0 Å². The van der Waals surface area contributed by atoms with Crippen LogP contribution in [0.3, 0.4) is 0 Å². The number of nitrogens with zero attached hydrogens (tertiary/aromatic N) is 1. The van der Waals surface area contributed by atoms with E-state index in [1.54, 1.807) is 0 Å². The van der Waals surface area contributed by atoms with E-state index in [0.29, 0.717) is 24.9 Å². The van der Waals surface area contributed by atoms with Gasteiger partial charge in [0.2, 0.25) is 0 Å². The number of carboxylic acid groups (broad SMARTS) is 1. The molecule has 2 fully saturated rings. The maximum absolute atomic E-state index is 10.7. The molecule has 0 spiro atoms. The summed E-state index contributed by atoms with van der Waals surface area (Å²) in [7, 11) is 0. The predicted molar refractivity (Wildman–Crippen MR) is 54.5 cm³/mol. The molecule has 1 saturated heterocycles. The van der Waals surface area contributed by atoms with Gasteiger partial charge in [-0.25, -0.2) is 4.79 Å². The Morgan fingerprint density at radius 3 is 2.44 bits per heavy atom. The van der Waals surface area contributed by atoms with E-state index in [0.717, 1.165) is 12.8 Å². The van der Waals surface area contributed by atoms with Gasteiger partial charge in [-0.05, 0) is 35.8 Å². The Bertz CT molecular complexity index is 296. The van der Waals surface area contributed by atoms with Gasteiger partial charge in [0.15, 0.2) is 0 Å². The molecule has 2 rings (SSSR count). The number of carbonyl (C=O) groups is 1. The van der Waals surface area contributed by atoms with Crippen molar-refractivity contribution >= 4 is 17.2 Å². The van der Waals surface area contributed by atoms with Crippen molar-refractivity contribution in [2.75, 3.05) is 19.0 Å². The van der Waals surface area contributed by atoms with Gasteiger partial charge in [0.1, 0.15) is 5.94 Å². The highest BCUT2D eigenvalue weighted by Crippen LogP contribution is 2.39. The molecule has 1 saturated carbocycles. The monoisotopic (exact) mass is 248 g/mol. The molecule has 0 aromatic carbocycles. The number of amides is 1. The van der Waals surface area contributed by atoms with Crippen molar-refractivity contribution in [1.29, 1.82) is 0 Å². The number of likely N-dealkylation sites (tertiary alicyclic amines) is 1. The fourth-order valence-corrected chi connectivity index (χ4v) is 2.99. The van der Waals surface area contributed by atoms with Crippen molar-refractivity contribution in [1.82, 2.24) is 4.90 Å². The van der Waals surface area contributed by atoms with Gasteiger partial charge in [-0.15, -0.1) is 0 Å². The molecule has 1 N–H and O–H groups in total. The molecule has 0 radical (unpaired) electrons. The molecule has 16 heavy (non-hydrogen) atoms. The molecule has 1 heterocycles. The number of fused-ring (bicyclic) bond motifs is 1. The first-order valence-electron chi connectivity index (χ1n) is 5.21. The van der Waals surface area contributed by atoms with Gasteiger partial charge in [0, 0.05) is 13.1 Å². The molecular weight excluding hydrogens is 234 g/mol. The second-order valence-corrected chi connectivity index (χ2v) is 5.23. The molecule has 1 aliphatic carbocycles. The second-order valence-electron chi connectivity index (χ2n) is 4.39. The quantitative estimate of drug-likeness (QED) is 0.722. The Kier molecular flexibility index (Phi) is 3.46. The Hall–Kier alpha value is -0.660. The van der Waals surface area contributed by atoms with Gasteiger partial charge in [-0.1, -0.05) is 0 Å². The zero-order chi connectivity index (χ0) is 11.7. The molecule has 7 heteroatoms. The van der Waals surface area contributed by atoms with E-state index >= 15 is 0 Å². The first kappa shape index (κ1) is 11.8. The van der Waals surface area contributed by atoms with Crippen LogP contribution in [0.1, 0.15) is 12.8 Å². The SMILES string of the molecule is O=C(O)N1C[C@H]2CC(OCS(=O)[O-])C[C@H]2C1. The summed E-state index contributed by atoms with van der Waals surface area (Å²) in [6, 6.07) is 0. The van der Waals surface area contributed by atoms with Gasteiger partial charge < -0.3 is 19.3 Å². The third-order valence-corrected chi connectivity index (χ3v) is 3.71. The van der Waals surface area contributed by atoms with E-state index in [4.69, 9.17) is 9.84 Å². The smallest absolute Gasteiger partial charge is 0.407 e. The third-order valence-electron chi connectivity index (χ3n) is 3.38. The summed E-state index contributed by atoms with van der Waals surface area (Å²) in [6.45, 7) is 1.11. The number of rotatable bonds is 3. The van der Waals surface area contributed by atoms with Crippen LogP contribution in [0.25, 0.3) is 0 Å². The van der Waals surface area contributed by atoms with Crippen LogP contribution in [0.5, 0.6) is 0 Å². The fraction of sp³-hybridized carbons (Fsp3) is 0.889. The van der Waals surface area contributed by atoms with Crippen molar-refractivity contribution in [3.8, 4) is 0 Å². The average molecular weight is 248 g/mol. The summed E-state index contributed by atoms with van der Waals surface area (Å²) in [5.74, 6) is 0.412. The van der Waals surface area contributed by atoms with E-state index in [1.165, 1.54) is 4.90 Å². The summed E-state index contributed by atoms with van der Waals surface area (Å²) < 4.78 is 25.9. The topological polar surface area (TPSA) is 89.9 Å². The molecule has 92 valence electrons. The fourth-order valence-electron chi connectivity index (χ4n) is 2.69. The van der Waals surface area contributed by atoms with Crippen LogP contribution < -0.4 is 0 Å². The number of hydrogen-bond donors (Lipinski definition) is 1. The van der Waals surface area contributed by atoms with Gasteiger partial charge >= 0.3 is 6.09 Å². The van der Waals surface area contributed by atoms with Crippen molar-refractivity contribution in [3.63, 3.8) is 0 Å². The lowest BCUT2D eigenvalue weighted by atomic mass is 10.0. The maximum atomic E-state index is 10.7. The normalized spacial score (nSPS) is 35.1. The van der Waals surface area contributed by atoms with E-state index in [9.17, 15) is 13.6 Å². The minimum atomic E-state index is -2.16. The van der Waals surface area contributed by atoms with E-state index in [2.05, 4.69) is 0 Å². The minimum Gasteiger partial charge on any atom is -0.771 e. The van der Waals surface area contributed by atoms with E-state index < -0.39 is 17.2 Å². The van der Waals surface area contributed by atoms with Crippen LogP contribution in [0, 0.1) is 11.8 Å². The molecule has 1 aliphatic heterocycles. The first-order valence-corrected chi connectivity index (χ1v) is 6.46. The van der Waals surface area contributed by atoms with Crippen molar-refractivity contribution in [2.45, 2.75) is 18.9 Å². The summed E-state index contributed by atoms with van der Waals surface area (Å²) in [5, 5.41) is 8.82. The molecule has 0 bridgehead atoms. The van der Waals surface area contributed by atoms with Crippen LogP contribution in [-0.2, 0) is 15.8 Å². The number of ether oxygens (including phenoxy) is 1. The van der Waals surface area contributed by atoms with Crippen molar-refractivity contribution < 1.29 is 23.4 Å². The summed E-state index contributed by atoms with van der Waals surface area (Å²) >= 11 is -2.16. The largest absolute Gasteiger partial charge is 0.771 e. The Labute approximate surface area is 95.9 Å². The Balaban J connectivity index is 1.79. The van der Waals surface area contributed by atoms with Gasteiger partial charge in [0.25, 0.3) is 0 Å². The third kappa shape index (κ3) is 2.53. The lowest BCUT2D eigenvalue weighted by molar-refractivity contribution is 0.0794. The molecule has 1 amide bonds. The van der Waals surface area contributed by atoms with Crippen molar-refractivity contribution in [2.24, 2.45) is 11.8 Å². The molecule has 0 aromatic heterocycles. The van der Waals surface area contributed by atoms with Gasteiger partial charge in [-0.3, -0.25) is 4.21 Å². The highest BCUT2D eigenvalue weighted by Gasteiger charge is 2.42. The zero-order valence-electron chi connectivity index (χ0n) is 8.70. The predicted octanol–water partition coefficient (Wildman–Crippen LogP) is 0.228. The van der Waals surface area contributed by atoms with Crippen LogP contribution in [0.15, 0.2) is 0 Å². The lowest BCUT2D eigenvalue weighted by Gasteiger charge is -2.17. The molecule has 4 atom stereocenters. The molecule has 6 nitrogen and oxygen atoms in total. The lowest BCUT2D eigenvalue weighted by Crippen LogP contribution is -2.28. The van der Waals surface area contributed by atoms with E-state index in [1.807, 2.05) is 0 Å². The van der Waals surface area contributed by atoms with Crippen molar-refractivity contribution in [3.05, 3.63) is 0 Å². The average Bonchev–Trinajstić information content (AvgIpc) is 2.70. The summed E-state index contributed by atoms with van der Waals surface area (Å²) in [4.78, 5) is 12.2. The van der Waals surface area contributed by atoms with Gasteiger partial charge in [-0.2, -0.15) is 0 Å². The summed E-state index contributed by atoms with van der Waals surface area (Å²) in [6.07, 6.45) is 0.647. The van der Waals surface area contributed by atoms with Crippen LogP contribution in [0.2, 0.25) is 0 Å². The molecule has 2 unspecified atom stereocenters. The Morgan fingerprint density at radius 1 is 1.44 bits per heavy atom. The Morgan fingerprint density at radius 2 is 2.00 bits per heavy atom. The standard InChI is InChI=1S/C9H15NO5S/c11-9(12)10-3-6-1-8(2-7(6)4-10)15-5-16(13)14/h6-8H,1-5H2,(H,11,12)(H,13,14)/p-1/t6-,7+,8?. The molecule has 2 aliphatic rings. The highest BCUT2D eigenvalue weighted by molar-refractivity contribution is 7.78. The second kappa shape index (κ2) is 4.68. The van der Waals surface area contributed by atoms with Crippen LogP contribution in [0.4, 0.5) is 4.79 Å². The van der Waals surface area contributed by atoms with Gasteiger partial charge in [0.05, 0.1) is 6.10 Å².